The summed E-state index contributed by atoms with van der Waals surface area (Å²) in [6.07, 6.45) is 0. The summed E-state index contributed by atoms with van der Waals surface area (Å²) in [6, 6.07) is 6.31. The van der Waals surface area contributed by atoms with Crippen LogP contribution in [0.1, 0.15) is 13.8 Å². The highest BCUT2D eigenvalue weighted by molar-refractivity contribution is 5.84. The van der Waals surface area contributed by atoms with Crippen molar-refractivity contribution < 1.29 is 13.9 Å². The minimum Gasteiger partial charge on any atom is -0.489 e. The van der Waals surface area contributed by atoms with Gasteiger partial charge in [-0.25, -0.2) is 9.38 Å². The number of aliphatic imine (C=N–C) groups is 1. The van der Waals surface area contributed by atoms with E-state index in [9.17, 15) is 9.18 Å². The van der Waals surface area contributed by atoms with Crippen LogP contribution in [0.5, 0.6) is 5.75 Å². The second kappa shape index (κ2) is 10.5. The predicted octanol–water partition coefficient (Wildman–Crippen LogP) is 1.83. The van der Waals surface area contributed by atoms with Gasteiger partial charge in [-0.15, -0.1) is 0 Å². The molecule has 1 aromatic carbocycles. The Morgan fingerprint density at radius 3 is 2.56 bits per heavy atom. The largest absolute Gasteiger partial charge is 0.489 e. The van der Waals surface area contributed by atoms with Crippen LogP contribution in [-0.2, 0) is 4.79 Å². The molecule has 25 heavy (non-hydrogen) atoms. The number of likely N-dealkylation sites (N-methyl/N-ethyl adjacent to an activating group) is 2. The Hall–Kier alpha value is -2.31. The molecule has 0 aliphatic heterocycles. The number of hydrogen-bond donors (Lipinski definition) is 1. The first-order valence-electron chi connectivity index (χ1n) is 8.38. The number of benzene rings is 1. The summed E-state index contributed by atoms with van der Waals surface area (Å²) in [7, 11) is 5.26. The molecule has 140 valence electrons. The molecule has 0 aliphatic carbocycles. The summed E-state index contributed by atoms with van der Waals surface area (Å²) in [6.45, 7) is 5.82. The van der Waals surface area contributed by atoms with Gasteiger partial charge in [0.25, 0.3) is 0 Å². The molecule has 0 saturated heterocycles. The zero-order valence-electron chi connectivity index (χ0n) is 15.8. The van der Waals surface area contributed by atoms with Gasteiger partial charge in [-0.1, -0.05) is 26.0 Å². The number of carbonyl (C=O) groups is 1. The van der Waals surface area contributed by atoms with E-state index >= 15 is 0 Å². The lowest BCUT2D eigenvalue weighted by atomic mass is 10.2. The average Bonchev–Trinajstić information content (AvgIpc) is 2.55. The molecule has 0 atom stereocenters. The van der Waals surface area contributed by atoms with Crippen molar-refractivity contribution in [1.82, 2.24) is 15.1 Å². The van der Waals surface area contributed by atoms with Gasteiger partial charge in [-0.05, 0) is 18.1 Å². The lowest BCUT2D eigenvalue weighted by molar-refractivity contribution is -0.127. The SMILES string of the molecule is CC(C)CNC(=NCC(=O)N(C)C)N(C)CCOc1ccccc1F. The summed E-state index contributed by atoms with van der Waals surface area (Å²) >= 11 is 0. The zero-order valence-corrected chi connectivity index (χ0v) is 15.8. The number of hydrogen-bond acceptors (Lipinski definition) is 3. The topological polar surface area (TPSA) is 57.2 Å². The Balaban J connectivity index is 2.61. The first-order valence-corrected chi connectivity index (χ1v) is 8.38. The van der Waals surface area contributed by atoms with Crippen molar-refractivity contribution in [3.05, 3.63) is 30.1 Å². The Morgan fingerprint density at radius 2 is 1.96 bits per heavy atom. The van der Waals surface area contributed by atoms with Crippen LogP contribution < -0.4 is 10.1 Å². The van der Waals surface area contributed by atoms with Crippen molar-refractivity contribution in [2.45, 2.75) is 13.8 Å². The summed E-state index contributed by atoms with van der Waals surface area (Å²) in [5.74, 6) is 0.847. The van der Waals surface area contributed by atoms with Crippen LogP contribution in [0, 0.1) is 11.7 Å². The molecule has 0 fully saturated rings. The molecule has 6 nitrogen and oxygen atoms in total. The minimum atomic E-state index is -0.381. The fourth-order valence-electron chi connectivity index (χ4n) is 1.85. The highest BCUT2D eigenvalue weighted by Gasteiger charge is 2.10. The molecular formula is C18H29FN4O2. The van der Waals surface area contributed by atoms with E-state index in [1.165, 1.54) is 11.0 Å². The van der Waals surface area contributed by atoms with Crippen LogP contribution in [0.15, 0.2) is 29.3 Å². The number of nitrogens with zero attached hydrogens (tertiary/aromatic N) is 3. The van der Waals surface area contributed by atoms with Crippen molar-refractivity contribution in [1.29, 1.82) is 0 Å². The van der Waals surface area contributed by atoms with Gasteiger partial charge in [0.1, 0.15) is 13.2 Å². The van der Waals surface area contributed by atoms with Crippen LogP contribution >= 0.6 is 0 Å². The fraction of sp³-hybridized carbons (Fsp3) is 0.556. The maximum absolute atomic E-state index is 13.6. The molecule has 1 rings (SSSR count). The zero-order chi connectivity index (χ0) is 18.8. The Bertz CT molecular complexity index is 576. The van der Waals surface area contributed by atoms with Gasteiger partial charge in [0, 0.05) is 27.7 Å². The van der Waals surface area contributed by atoms with Crippen LogP contribution in [-0.4, -0.2) is 69.1 Å². The number of rotatable bonds is 8. The van der Waals surface area contributed by atoms with Gasteiger partial charge < -0.3 is 19.9 Å². The fourth-order valence-corrected chi connectivity index (χ4v) is 1.85. The molecule has 0 bridgehead atoms. The van der Waals surface area contributed by atoms with Gasteiger partial charge in [0.2, 0.25) is 5.91 Å². The van der Waals surface area contributed by atoms with Gasteiger partial charge in [0.05, 0.1) is 6.54 Å². The van der Waals surface area contributed by atoms with E-state index in [4.69, 9.17) is 4.74 Å². The van der Waals surface area contributed by atoms with Crippen molar-refractivity contribution in [2.75, 3.05) is 47.4 Å². The molecule has 7 heteroatoms. The monoisotopic (exact) mass is 352 g/mol. The molecular weight excluding hydrogens is 323 g/mol. The number of guanidine groups is 1. The second-order valence-electron chi connectivity index (χ2n) is 6.40. The van der Waals surface area contributed by atoms with E-state index in [0.29, 0.717) is 25.0 Å². The molecule has 1 amide bonds. The van der Waals surface area contributed by atoms with E-state index in [-0.39, 0.29) is 24.0 Å². The number of para-hydroxylation sites is 1. The van der Waals surface area contributed by atoms with E-state index in [1.807, 2.05) is 11.9 Å². The van der Waals surface area contributed by atoms with Crippen LogP contribution in [0.25, 0.3) is 0 Å². The summed E-state index contributed by atoms with van der Waals surface area (Å²) in [5, 5.41) is 3.25. The first kappa shape index (κ1) is 20.7. The quantitative estimate of drug-likeness (QED) is 0.573. The van der Waals surface area contributed by atoms with Crippen molar-refractivity contribution >= 4 is 11.9 Å². The van der Waals surface area contributed by atoms with Crippen LogP contribution in [0.2, 0.25) is 0 Å². The minimum absolute atomic E-state index is 0.0696. The van der Waals surface area contributed by atoms with Gasteiger partial charge in [-0.3, -0.25) is 4.79 Å². The molecule has 0 unspecified atom stereocenters. The van der Waals surface area contributed by atoms with E-state index in [2.05, 4.69) is 24.2 Å². The molecule has 0 saturated carbocycles. The van der Waals surface area contributed by atoms with E-state index < -0.39 is 0 Å². The Morgan fingerprint density at radius 1 is 1.28 bits per heavy atom. The third-order valence-electron chi connectivity index (χ3n) is 3.41. The molecule has 0 radical (unpaired) electrons. The Labute approximate surface area is 149 Å². The van der Waals surface area contributed by atoms with Crippen molar-refractivity contribution in [2.24, 2.45) is 10.9 Å². The highest BCUT2D eigenvalue weighted by atomic mass is 19.1. The maximum Gasteiger partial charge on any atom is 0.243 e. The lowest BCUT2D eigenvalue weighted by Crippen LogP contribution is -2.43. The summed E-state index contributed by atoms with van der Waals surface area (Å²) < 4.78 is 19.0. The Kier molecular flexibility index (Phi) is 8.74. The third kappa shape index (κ3) is 7.87. The summed E-state index contributed by atoms with van der Waals surface area (Å²) in [4.78, 5) is 19.5. The first-order chi connectivity index (χ1) is 11.8. The highest BCUT2D eigenvalue weighted by Crippen LogP contribution is 2.14. The van der Waals surface area contributed by atoms with Gasteiger partial charge in [-0.2, -0.15) is 0 Å². The molecule has 0 aliphatic rings. The van der Waals surface area contributed by atoms with Crippen LogP contribution in [0.4, 0.5) is 4.39 Å². The molecule has 0 aromatic heterocycles. The van der Waals surface area contributed by atoms with Gasteiger partial charge >= 0.3 is 0 Å². The van der Waals surface area contributed by atoms with E-state index in [0.717, 1.165) is 6.54 Å². The number of ether oxygens (including phenoxy) is 1. The van der Waals surface area contributed by atoms with Gasteiger partial charge in [0.15, 0.2) is 17.5 Å². The molecule has 0 heterocycles. The normalized spacial score (nSPS) is 11.4. The number of amides is 1. The average molecular weight is 352 g/mol. The number of halogens is 1. The van der Waals surface area contributed by atoms with Crippen molar-refractivity contribution in [3.63, 3.8) is 0 Å². The molecule has 0 spiro atoms. The predicted molar refractivity (Wildman–Crippen MR) is 98.4 cm³/mol. The molecule has 1 N–H and O–H groups in total. The van der Waals surface area contributed by atoms with Crippen LogP contribution in [0.3, 0.4) is 0 Å². The molecule has 1 aromatic rings. The van der Waals surface area contributed by atoms with Crippen molar-refractivity contribution in [3.8, 4) is 5.75 Å². The van der Waals surface area contributed by atoms with E-state index in [1.54, 1.807) is 32.3 Å². The smallest absolute Gasteiger partial charge is 0.243 e. The second-order valence-corrected chi connectivity index (χ2v) is 6.40. The summed E-state index contributed by atoms with van der Waals surface area (Å²) in [5.41, 5.74) is 0. The maximum atomic E-state index is 13.6. The number of nitrogens with one attached hydrogen (secondary N) is 1. The standard InChI is InChI=1S/C18H29FN4O2/c1-14(2)12-20-18(21-13-17(24)22(3)4)23(5)10-11-25-16-9-7-6-8-15(16)19/h6-9,14H,10-13H2,1-5H3,(H,20,21). The lowest BCUT2D eigenvalue weighted by Gasteiger charge is -2.23. The number of carbonyl (C=O) groups excluding carboxylic acids is 1. The third-order valence-corrected chi connectivity index (χ3v) is 3.41.